The molecular formula is C14H23N3O. The maximum absolute atomic E-state index is 5.69. The normalized spacial score (nSPS) is 19.1. The number of hydrogen-bond donors (Lipinski definition) is 1. The maximum Gasteiger partial charge on any atom is 0.0750 e. The molecular weight excluding hydrogens is 226 g/mol. The molecule has 0 aliphatic carbocycles. The molecule has 1 fully saturated rings. The predicted molar refractivity (Wildman–Crippen MR) is 73.9 cm³/mol. The third-order valence-corrected chi connectivity index (χ3v) is 3.36. The fraction of sp³-hybridized carbons (Fsp3) is 0.643. The highest BCUT2D eigenvalue weighted by atomic mass is 16.5. The Bertz CT molecular complexity index is 364. The topological polar surface area (TPSA) is 37.4 Å². The van der Waals surface area contributed by atoms with Crippen LogP contribution in [0.15, 0.2) is 18.5 Å². The lowest BCUT2D eigenvalue weighted by Crippen LogP contribution is -2.29. The van der Waals surface area contributed by atoms with E-state index in [-0.39, 0.29) is 0 Å². The van der Waals surface area contributed by atoms with Crippen molar-refractivity contribution in [1.29, 1.82) is 0 Å². The number of nitrogens with zero attached hydrogens (tertiary/aromatic N) is 2. The molecule has 0 spiro atoms. The molecule has 100 valence electrons. The lowest BCUT2D eigenvalue weighted by atomic mass is 10.2. The highest BCUT2D eigenvalue weighted by Crippen LogP contribution is 2.21. The second-order valence-corrected chi connectivity index (χ2v) is 4.80. The van der Waals surface area contributed by atoms with Gasteiger partial charge in [0, 0.05) is 50.4 Å². The van der Waals surface area contributed by atoms with Crippen molar-refractivity contribution in [2.75, 3.05) is 31.6 Å². The molecule has 2 heterocycles. The van der Waals surface area contributed by atoms with Gasteiger partial charge in [0.15, 0.2) is 0 Å². The Morgan fingerprint density at radius 3 is 3.17 bits per heavy atom. The molecule has 0 radical (unpaired) electrons. The van der Waals surface area contributed by atoms with Gasteiger partial charge in [-0.2, -0.15) is 0 Å². The maximum atomic E-state index is 5.69. The van der Waals surface area contributed by atoms with E-state index in [0.29, 0.717) is 6.10 Å². The van der Waals surface area contributed by atoms with Crippen molar-refractivity contribution < 1.29 is 4.74 Å². The third kappa shape index (κ3) is 3.43. The average molecular weight is 249 g/mol. The molecule has 1 aromatic rings. The predicted octanol–water partition coefficient (Wildman–Crippen LogP) is 1.81. The van der Waals surface area contributed by atoms with Crippen molar-refractivity contribution in [3.8, 4) is 0 Å². The van der Waals surface area contributed by atoms with Gasteiger partial charge < -0.3 is 15.0 Å². The number of rotatable bonds is 6. The minimum atomic E-state index is 0.384. The van der Waals surface area contributed by atoms with E-state index >= 15 is 0 Å². The van der Waals surface area contributed by atoms with E-state index in [2.05, 4.69) is 35.2 Å². The molecule has 1 aliphatic rings. The smallest absolute Gasteiger partial charge is 0.0750 e. The van der Waals surface area contributed by atoms with Crippen molar-refractivity contribution in [1.82, 2.24) is 10.3 Å². The highest BCUT2D eigenvalue weighted by Gasteiger charge is 2.18. The first-order chi connectivity index (χ1) is 8.81. The lowest BCUT2D eigenvalue weighted by molar-refractivity contribution is 0.116. The molecule has 0 amide bonds. The van der Waals surface area contributed by atoms with Crippen LogP contribution >= 0.6 is 0 Å². The molecule has 1 aromatic heterocycles. The van der Waals surface area contributed by atoms with Crippen molar-refractivity contribution in [2.45, 2.75) is 32.4 Å². The summed E-state index contributed by atoms with van der Waals surface area (Å²) in [7, 11) is 2.13. The Morgan fingerprint density at radius 2 is 2.44 bits per heavy atom. The monoisotopic (exact) mass is 249 g/mol. The Hall–Kier alpha value is -1.13. The van der Waals surface area contributed by atoms with Crippen molar-refractivity contribution >= 4 is 5.69 Å². The summed E-state index contributed by atoms with van der Waals surface area (Å²) in [6.07, 6.45) is 6.56. The molecule has 0 aromatic carbocycles. The van der Waals surface area contributed by atoms with Crippen LogP contribution in [0.3, 0.4) is 0 Å². The first-order valence-corrected chi connectivity index (χ1v) is 6.77. The third-order valence-electron chi connectivity index (χ3n) is 3.36. The zero-order chi connectivity index (χ0) is 12.8. The van der Waals surface area contributed by atoms with E-state index in [1.807, 2.05) is 12.4 Å². The van der Waals surface area contributed by atoms with E-state index in [0.717, 1.165) is 26.2 Å². The molecule has 1 atom stereocenters. The van der Waals surface area contributed by atoms with Crippen LogP contribution in [0, 0.1) is 0 Å². The van der Waals surface area contributed by atoms with E-state index in [1.165, 1.54) is 24.1 Å². The molecule has 1 aliphatic heterocycles. The summed E-state index contributed by atoms with van der Waals surface area (Å²) < 4.78 is 5.69. The largest absolute Gasteiger partial charge is 0.376 e. The van der Waals surface area contributed by atoms with Crippen LogP contribution in [0.4, 0.5) is 5.69 Å². The fourth-order valence-electron chi connectivity index (χ4n) is 2.38. The van der Waals surface area contributed by atoms with E-state index in [1.54, 1.807) is 0 Å². The van der Waals surface area contributed by atoms with Crippen LogP contribution in [-0.4, -0.2) is 37.8 Å². The molecule has 4 heteroatoms. The number of nitrogens with one attached hydrogen (secondary N) is 1. The van der Waals surface area contributed by atoms with Crippen LogP contribution in [0.5, 0.6) is 0 Å². The first-order valence-electron chi connectivity index (χ1n) is 6.77. The Balaban J connectivity index is 2.00. The van der Waals surface area contributed by atoms with Gasteiger partial charge in [-0.1, -0.05) is 6.92 Å². The minimum Gasteiger partial charge on any atom is -0.376 e. The summed E-state index contributed by atoms with van der Waals surface area (Å²) in [5, 5.41) is 3.36. The minimum absolute atomic E-state index is 0.384. The quantitative estimate of drug-likeness (QED) is 0.834. The molecule has 2 rings (SSSR count). The number of aromatic nitrogens is 1. The number of anilines is 1. The van der Waals surface area contributed by atoms with Crippen LogP contribution in [0.2, 0.25) is 0 Å². The van der Waals surface area contributed by atoms with Crippen LogP contribution in [0.1, 0.15) is 25.3 Å². The average Bonchev–Trinajstić information content (AvgIpc) is 2.89. The van der Waals surface area contributed by atoms with Gasteiger partial charge >= 0.3 is 0 Å². The summed E-state index contributed by atoms with van der Waals surface area (Å²) in [6.45, 7) is 5.84. The van der Waals surface area contributed by atoms with Gasteiger partial charge in [0.25, 0.3) is 0 Å². The number of hydrogen-bond acceptors (Lipinski definition) is 4. The van der Waals surface area contributed by atoms with Crippen molar-refractivity contribution in [3.05, 3.63) is 24.0 Å². The number of ether oxygens (including phenoxy) is 1. The molecule has 18 heavy (non-hydrogen) atoms. The van der Waals surface area contributed by atoms with Crippen LogP contribution < -0.4 is 10.2 Å². The van der Waals surface area contributed by atoms with Gasteiger partial charge in [0.2, 0.25) is 0 Å². The lowest BCUT2D eigenvalue weighted by Gasteiger charge is -2.25. The van der Waals surface area contributed by atoms with Gasteiger partial charge in [-0.25, -0.2) is 0 Å². The fourth-order valence-corrected chi connectivity index (χ4v) is 2.38. The first kappa shape index (κ1) is 13.3. The van der Waals surface area contributed by atoms with Crippen molar-refractivity contribution in [3.63, 3.8) is 0 Å². The van der Waals surface area contributed by atoms with Gasteiger partial charge in [0.05, 0.1) is 6.10 Å². The standard InChI is InChI=1S/C14H23N3O/c1-3-15-9-12-10-16-7-6-14(12)17(2)11-13-5-4-8-18-13/h6-7,10,13,15H,3-5,8-9,11H2,1-2H3. The Labute approximate surface area is 109 Å². The summed E-state index contributed by atoms with van der Waals surface area (Å²) in [6, 6.07) is 2.08. The summed E-state index contributed by atoms with van der Waals surface area (Å²) in [4.78, 5) is 6.50. The highest BCUT2D eigenvalue weighted by molar-refractivity contribution is 5.51. The van der Waals surface area contributed by atoms with Crippen LogP contribution in [0.25, 0.3) is 0 Å². The molecule has 1 saturated heterocycles. The molecule has 0 bridgehead atoms. The van der Waals surface area contributed by atoms with Gasteiger partial charge in [0.1, 0.15) is 0 Å². The molecule has 1 N–H and O–H groups in total. The van der Waals surface area contributed by atoms with Gasteiger partial charge in [-0.05, 0) is 25.5 Å². The molecule has 1 unspecified atom stereocenters. The molecule has 0 saturated carbocycles. The van der Waals surface area contributed by atoms with E-state index < -0.39 is 0 Å². The van der Waals surface area contributed by atoms with Crippen LogP contribution in [-0.2, 0) is 11.3 Å². The molecule has 4 nitrogen and oxygen atoms in total. The Morgan fingerprint density at radius 1 is 1.56 bits per heavy atom. The van der Waals surface area contributed by atoms with Gasteiger partial charge in [-0.15, -0.1) is 0 Å². The zero-order valence-corrected chi connectivity index (χ0v) is 11.4. The Kier molecular flexibility index (Phi) is 4.96. The second-order valence-electron chi connectivity index (χ2n) is 4.80. The number of pyridine rings is 1. The SMILES string of the molecule is CCNCc1cnccc1N(C)CC1CCCO1. The summed E-state index contributed by atoms with van der Waals surface area (Å²) >= 11 is 0. The van der Waals surface area contributed by atoms with E-state index in [4.69, 9.17) is 4.74 Å². The zero-order valence-electron chi connectivity index (χ0n) is 11.4. The van der Waals surface area contributed by atoms with Crippen molar-refractivity contribution in [2.24, 2.45) is 0 Å². The second kappa shape index (κ2) is 6.71. The summed E-state index contributed by atoms with van der Waals surface area (Å²) in [5.41, 5.74) is 2.50. The van der Waals surface area contributed by atoms with Gasteiger partial charge in [-0.3, -0.25) is 4.98 Å². The van der Waals surface area contributed by atoms with E-state index in [9.17, 15) is 0 Å². The number of likely N-dealkylation sites (N-methyl/N-ethyl adjacent to an activating group) is 1. The summed E-state index contributed by atoms with van der Waals surface area (Å²) in [5.74, 6) is 0.